The Hall–Kier alpha value is -2.48. The van der Waals surface area contributed by atoms with Crippen molar-refractivity contribution in [3.63, 3.8) is 0 Å². The second-order valence-electron chi connectivity index (χ2n) is 4.95. The van der Waals surface area contributed by atoms with Crippen molar-refractivity contribution >= 4 is 0 Å². The van der Waals surface area contributed by atoms with E-state index in [9.17, 15) is 0 Å². The summed E-state index contributed by atoms with van der Waals surface area (Å²) in [6.45, 7) is 4.09. The Morgan fingerprint density at radius 3 is 2.30 bits per heavy atom. The lowest BCUT2D eigenvalue weighted by Gasteiger charge is -2.08. The van der Waals surface area contributed by atoms with Crippen LogP contribution in [0.2, 0.25) is 0 Å². The van der Waals surface area contributed by atoms with E-state index in [1.54, 1.807) is 0 Å². The summed E-state index contributed by atoms with van der Waals surface area (Å²) in [7, 11) is 0. The van der Waals surface area contributed by atoms with E-state index < -0.39 is 0 Å². The van der Waals surface area contributed by atoms with Gasteiger partial charge >= 0.3 is 0 Å². The van der Waals surface area contributed by atoms with Crippen molar-refractivity contribution in [2.24, 2.45) is 0 Å². The molecule has 0 N–H and O–H groups in total. The Morgan fingerprint density at radius 2 is 1.60 bits per heavy atom. The minimum Gasteiger partial charge on any atom is -0.264 e. The highest BCUT2D eigenvalue weighted by atomic mass is 14.7. The molecule has 0 fully saturated rings. The van der Waals surface area contributed by atoms with Crippen LogP contribution in [0.1, 0.15) is 11.3 Å². The Kier molecular flexibility index (Phi) is 3.30. The zero-order valence-corrected chi connectivity index (χ0v) is 11.7. The summed E-state index contributed by atoms with van der Waals surface area (Å²) < 4.78 is 0. The second kappa shape index (κ2) is 5.25. The highest BCUT2D eigenvalue weighted by Gasteiger charge is 2.06. The summed E-state index contributed by atoms with van der Waals surface area (Å²) in [6.07, 6.45) is 3.71. The molecule has 98 valence electrons. The molecule has 0 aliphatic carbocycles. The zero-order valence-electron chi connectivity index (χ0n) is 11.7. The van der Waals surface area contributed by atoms with Gasteiger partial charge in [0.25, 0.3) is 0 Å². The SMILES string of the molecule is Cc1cncc(-c2ccc(-c3ccccc3)c(C)n2)c1. The molecule has 1 aromatic carbocycles. The third kappa shape index (κ3) is 2.45. The number of pyridine rings is 2. The molecule has 0 atom stereocenters. The third-order valence-corrected chi connectivity index (χ3v) is 3.34. The van der Waals surface area contributed by atoms with Gasteiger partial charge < -0.3 is 0 Å². The minimum absolute atomic E-state index is 0.971. The first kappa shape index (κ1) is 12.5. The lowest BCUT2D eigenvalue weighted by atomic mass is 10.0. The average molecular weight is 260 g/mol. The van der Waals surface area contributed by atoms with E-state index in [0.29, 0.717) is 0 Å². The second-order valence-corrected chi connectivity index (χ2v) is 4.95. The van der Waals surface area contributed by atoms with Gasteiger partial charge in [-0.2, -0.15) is 0 Å². The van der Waals surface area contributed by atoms with Gasteiger partial charge in [-0.1, -0.05) is 36.4 Å². The van der Waals surface area contributed by atoms with E-state index in [2.05, 4.69) is 42.2 Å². The van der Waals surface area contributed by atoms with Crippen LogP contribution in [0.4, 0.5) is 0 Å². The fourth-order valence-electron chi connectivity index (χ4n) is 2.34. The Balaban J connectivity index is 2.04. The summed E-state index contributed by atoms with van der Waals surface area (Å²) in [4.78, 5) is 8.95. The fourth-order valence-corrected chi connectivity index (χ4v) is 2.34. The van der Waals surface area contributed by atoms with E-state index in [-0.39, 0.29) is 0 Å². The molecule has 0 saturated carbocycles. The normalized spacial score (nSPS) is 10.5. The highest BCUT2D eigenvalue weighted by Crippen LogP contribution is 2.25. The molecule has 2 nitrogen and oxygen atoms in total. The molecule has 0 aliphatic heterocycles. The molecular formula is C18H16N2. The van der Waals surface area contributed by atoms with E-state index in [4.69, 9.17) is 4.98 Å². The van der Waals surface area contributed by atoms with E-state index in [1.165, 1.54) is 11.1 Å². The largest absolute Gasteiger partial charge is 0.264 e. The third-order valence-electron chi connectivity index (χ3n) is 3.34. The molecule has 20 heavy (non-hydrogen) atoms. The van der Waals surface area contributed by atoms with Crippen LogP contribution < -0.4 is 0 Å². The van der Waals surface area contributed by atoms with E-state index in [0.717, 1.165) is 22.5 Å². The first-order valence-electron chi connectivity index (χ1n) is 6.69. The van der Waals surface area contributed by atoms with Crippen LogP contribution in [-0.2, 0) is 0 Å². The van der Waals surface area contributed by atoms with Crippen LogP contribution in [0.5, 0.6) is 0 Å². The Bertz CT molecular complexity index is 733. The van der Waals surface area contributed by atoms with Crippen molar-refractivity contribution in [3.05, 3.63) is 72.2 Å². The highest BCUT2D eigenvalue weighted by molar-refractivity contribution is 5.69. The molecule has 0 unspecified atom stereocenters. The van der Waals surface area contributed by atoms with Crippen LogP contribution in [0.25, 0.3) is 22.4 Å². The molecule has 0 spiro atoms. The molecule has 3 rings (SSSR count). The van der Waals surface area contributed by atoms with Crippen molar-refractivity contribution in [3.8, 4) is 22.4 Å². The first-order chi connectivity index (χ1) is 9.74. The number of benzene rings is 1. The van der Waals surface area contributed by atoms with Crippen LogP contribution in [-0.4, -0.2) is 9.97 Å². The van der Waals surface area contributed by atoms with Crippen molar-refractivity contribution in [2.75, 3.05) is 0 Å². The summed E-state index contributed by atoms with van der Waals surface area (Å²) >= 11 is 0. The lowest BCUT2D eigenvalue weighted by Crippen LogP contribution is -1.92. The van der Waals surface area contributed by atoms with Crippen LogP contribution in [0.15, 0.2) is 60.9 Å². The fraction of sp³-hybridized carbons (Fsp3) is 0.111. The predicted octanol–water partition coefficient (Wildman–Crippen LogP) is 4.43. The van der Waals surface area contributed by atoms with Crippen molar-refractivity contribution in [2.45, 2.75) is 13.8 Å². The molecular weight excluding hydrogens is 244 g/mol. The zero-order chi connectivity index (χ0) is 13.9. The van der Waals surface area contributed by atoms with Crippen LogP contribution >= 0.6 is 0 Å². The predicted molar refractivity (Wildman–Crippen MR) is 82.4 cm³/mol. The van der Waals surface area contributed by atoms with Crippen molar-refractivity contribution in [1.82, 2.24) is 9.97 Å². The molecule has 0 radical (unpaired) electrons. The van der Waals surface area contributed by atoms with Crippen molar-refractivity contribution < 1.29 is 0 Å². The Morgan fingerprint density at radius 1 is 0.800 bits per heavy atom. The van der Waals surface area contributed by atoms with Gasteiger partial charge in [0, 0.05) is 29.2 Å². The summed E-state index contributed by atoms with van der Waals surface area (Å²) in [5, 5.41) is 0. The summed E-state index contributed by atoms with van der Waals surface area (Å²) in [6, 6.07) is 16.6. The summed E-state index contributed by atoms with van der Waals surface area (Å²) in [5.74, 6) is 0. The monoisotopic (exact) mass is 260 g/mol. The van der Waals surface area contributed by atoms with Gasteiger partial charge in [-0.05, 0) is 37.1 Å². The van der Waals surface area contributed by atoms with Gasteiger partial charge in [0.1, 0.15) is 0 Å². The minimum atomic E-state index is 0.971. The molecule has 0 amide bonds. The maximum Gasteiger partial charge on any atom is 0.0721 e. The molecule has 2 aromatic heterocycles. The van der Waals surface area contributed by atoms with E-state index >= 15 is 0 Å². The molecule has 0 aliphatic rings. The van der Waals surface area contributed by atoms with Gasteiger partial charge in [-0.15, -0.1) is 0 Å². The smallest absolute Gasteiger partial charge is 0.0721 e. The van der Waals surface area contributed by atoms with Crippen LogP contribution in [0.3, 0.4) is 0 Å². The van der Waals surface area contributed by atoms with Gasteiger partial charge in [-0.25, -0.2) is 0 Å². The number of nitrogens with zero attached hydrogens (tertiary/aromatic N) is 2. The number of aryl methyl sites for hydroxylation is 2. The Labute approximate surface area is 119 Å². The molecule has 2 heterocycles. The quantitative estimate of drug-likeness (QED) is 0.681. The first-order valence-corrected chi connectivity index (χ1v) is 6.69. The number of aromatic nitrogens is 2. The standard InChI is InChI=1S/C18H16N2/c1-13-10-16(12-19-11-13)18-9-8-17(14(2)20-18)15-6-4-3-5-7-15/h3-12H,1-2H3. The van der Waals surface area contributed by atoms with Gasteiger partial charge in [-0.3, -0.25) is 9.97 Å². The maximum atomic E-state index is 4.72. The number of hydrogen-bond donors (Lipinski definition) is 0. The lowest BCUT2D eigenvalue weighted by molar-refractivity contribution is 1.19. The maximum absolute atomic E-state index is 4.72. The number of hydrogen-bond acceptors (Lipinski definition) is 2. The molecule has 2 heteroatoms. The number of rotatable bonds is 2. The molecule has 3 aromatic rings. The molecule has 0 saturated heterocycles. The van der Waals surface area contributed by atoms with Gasteiger partial charge in [0.2, 0.25) is 0 Å². The molecule has 0 bridgehead atoms. The topological polar surface area (TPSA) is 25.8 Å². The van der Waals surface area contributed by atoms with Gasteiger partial charge in [0.15, 0.2) is 0 Å². The van der Waals surface area contributed by atoms with E-state index in [1.807, 2.05) is 37.5 Å². The van der Waals surface area contributed by atoms with Crippen LogP contribution in [0, 0.1) is 13.8 Å². The average Bonchev–Trinajstić information content (AvgIpc) is 2.48. The van der Waals surface area contributed by atoms with Gasteiger partial charge in [0.05, 0.1) is 5.69 Å². The van der Waals surface area contributed by atoms with Crippen molar-refractivity contribution in [1.29, 1.82) is 0 Å². The summed E-state index contributed by atoms with van der Waals surface area (Å²) in [5.41, 5.74) is 6.59.